The summed E-state index contributed by atoms with van der Waals surface area (Å²) in [5, 5.41) is 31.9. The third-order valence-corrected chi connectivity index (χ3v) is 8.78. The van der Waals surface area contributed by atoms with Crippen molar-refractivity contribution < 1.29 is 0 Å². The van der Waals surface area contributed by atoms with Crippen molar-refractivity contribution in [3.05, 3.63) is 302 Å². The molecule has 13 heterocycles. The van der Waals surface area contributed by atoms with Gasteiger partial charge in [-0.2, -0.15) is 15.3 Å². The van der Waals surface area contributed by atoms with E-state index in [1.807, 2.05) is 134 Å². The third-order valence-electron chi connectivity index (χ3n) is 8.78. The molecule has 15 rings (SSSR count). The van der Waals surface area contributed by atoms with Gasteiger partial charge in [-0.1, -0.05) is 36.4 Å². The predicted octanol–water partition coefficient (Wildman–Crippen LogP) is 8.04. The van der Waals surface area contributed by atoms with E-state index in [-0.39, 0.29) is 0 Å². The maximum absolute atomic E-state index is 4.14. The molecule has 402 valence electrons. The second kappa shape index (κ2) is 42.8. The maximum Gasteiger partial charge on any atom is 0.160 e. The van der Waals surface area contributed by atoms with E-state index in [9.17, 15) is 0 Å². The lowest BCUT2D eigenvalue weighted by atomic mass is 10.2. The van der Waals surface area contributed by atoms with Crippen LogP contribution in [-0.2, 0) is 0 Å². The lowest BCUT2D eigenvalue weighted by Crippen LogP contribution is -1.81. The molecular weight excluding hydrogens is 1030 g/mol. The number of fused-ring (bicyclic) bond motifs is 4. The van der Waals surface area contributed by atoms with Gasteiger partial charge in [0, 0.05) is 146 Å². The monoisotopic (exact) mass is 1080 g/mol. The maximum atomic E-state index is 4.14. The van der Waals surface area contributed by atoms with Crippen LogP contribution >= 0.6 is 0 Å². The third kappa shape index (κ3) is 29.0. The molecule has 13 aromatic heterocycles. The molecule has 0 unspecified atom stereocenters. The van der Waals surface area contributed by atoms with E-state index in [0.29, 0.717) is 0 Å². The fourth-order valence-electron chi connectivity index (χ4n) is 5.32. The number of aromatic nitrogens is 25. The number of hydrogen-bond donors (Lipinski definition) is 0. The first kappa shape index (κ1) is 60.5. The van der Waals surface area contributed by atoms with Gasteiger partial charge in [-0.15, -0.1) is 25.5 Å². The predicted molar refractivity (Wildman–Crippen MR) is 306 cm³/mol. The summed E-state index contributed by atoms with van der Waals surface area (Å²) in [6.45, 7) is 0. The number of benzene rings is 2. The molecule has 0 aliphatic carbocycles. The smallest absolute Gasteiger partial charge is 0.160 e. The molecule has 0 amide bonds. The van der Waals surface area contributed by atoms with Crippen LogP contribution in [0, 0.1) is 0 Å². The van der Waals surface area contributed by atoms with Crippen molar-refractivity contribution in [1.82, 2.24) is 126 Å². The topological polar surface area (TPSA) is 322 Å². The van der Waals surface area contributed by atoms with Crippen molar-refractivity contribution in [2.75, 3.05) is 0 Å². The fourth-order valence-corrected chi connectivity index (χ4v) is 5.32. The molecule has 82 heavy (non-hydrogen) atoms. The first-order valence-corrected chi connectivity index (χ1v) is 24.0. The van der Waals surface area contributed by atoms with Gasteiger partial charge >= 0.3 is 0 Å². The average molecular weight is 1080 g/mol. The van der Waals surface area contributed by atoms with Crippen LogP contribution in [0.5, 0.6) is 0 Å². The average Bonchev–Trinajstić information content (AvgIpc) is 3.62. The second-order valence-corrected chi connectivity index (χ2v) is 14.3. The van der Waals surface area contributed by atoms with Crippen LogP contribution < -0.4 is 0 Å². The van der Waals surface area contributed by atoms with Crippen LogP contribution in [0.2, 0.25) is 0 Å². The molecule has 2 aromatic carbocycles. The van der Waals surface area contributed by atoms with E-state index >= 15 is 0 Å². The van der Waals surface area contributed by atoms with Crippen LogP contribution in [0.25, 0.3) is 43.6 Å². The quantitative estimate of drug-likeness (QED) is 0.139. The summed E-state index contributed by atoms with van der Waals surface area (Å²) in [7, 11) is 0. The minimum absolute atomic E-state index is 0.949. The van der Waals surface area contributed by atoms with Crippen molar-refractivity contribution in [3.8, 4) is 0 Å². The van der Waals surface area contributed by atoms with Crippen LogP contribution in [-0.4, -0.2) is 126 Å². The zero-order chi connectivity index (χ0) is 56.9. The Morgan fingerprint density at radius 1 is 0.159 bits per heavy atom. The van der Waals surface area contributed by atoms with Crippen molar-refractivity contribution in [1.29, 1.82) is 0 Å². The van der Waals surface area contributed by atoms with Gasteiger partial charge in [0.15, 0.2) is 12.7 Å². The standard InChI is InChI=1S/4C8H6N2.C5H5N.3C4H4N2.2C3H3N3.C2H2N4/c1-3-9-5-8-6-10-4-2-7(1)8;1-2-7-6-9-5-3-8(7)10-4-1;1-2-4-8-7(3-1)5-9-6-10-8;1-2-4-8-7(3-1)9-5-6-10-8;1-2-4-6-5-3-1;1-2-6-4-3-5-1;1-2-5-4-6-3-1;1-2-4-6-5-3-1;1-4-2-6-3-5-1;1-2-5-6-3-4-1;1-3-5-2-6-4-1/h4*1-6H;1-5H;3*1-4H;2*1-3H;1-2H. The normalized spacial score (nSPS) is 8.98. The molecule has 0 spiro atoms. The summed E-state index contributed by atoms with van der Waals surface area (Å²) >= 11 is 0. The van der Waals surface area contributed by atoms with E-state index in [4.69, 9.17) is 0 Å². The second-order valence-electron chi connectivity index (χ2n) is 14.3. The largest absolute Gasteiger partial charge is 0.265 e. The van der Waals surface area contributed by atoms with Gasteiger partial charge in [0.25, 0.3) is 0 Å². The molecule has 25 heteroatoms. The van der Waals surface area contributed by atoms with Crippen molar-refractivity contribution in [2.45, 2.75) is 0 Å². The molecule has 0 radical (unpaired) electrons. The zero-order valence-corrected chi connectivity index (χ0v) is 43.5. The summed E-state index contributed by atoms with van der Waals surface area (Å²) in [4.78, 5) is 65.1. The summed E-state index contributed by atoms with van der Waals surface area (Å²) in [6.07, 6.45) is 48.8. The first-order valence-electron chi connectivity index (χ1n) is 24.0. The molecule has 0 saturated carbocycles. The van der Waals surface area contributed by atoms with Gasteiger partial charge < -0.3 is 0 Å². The van der Waals surface area contributed by atoms with Gasteiger partial charge in [0.2, 0.25) is 0 Å². The van der Waals surface area contributed by atoms with E-state index in [1.54, 1.807) is 118 Å². The molecule has 0 bridgehead atoms. The van der Waals surface area contributed by atoms with Crippen LogP contribution in [0.1, 0.15) is 0 Å². The molecule has 0 aliphatic heterocycles. The van der Waals surface area contributed by atoms with Crippen LogP contribution in [0.15, 0.2) is 302 Å². The number of para-hydroxylation sites is 3. The highest BCUT2D eigenvalue weighted by atomic mass is 15.2. The number of rotatable bonds is 0. The van der Waals surface area contributed by atoms with E-state index < -0.39 is 0 Å². The minimum Gasteiger partial charge on any atom is -0.265 e. The van der Waals surface area contributed by atoms with Gasteiger partial charge in [-0.3, -0.25) is 44.9 Å². The molecular formula is C57H49N25. The van der Waals surface area contributed by atoms with Gasteiger partial charge in [-0.05, 0) is 84.2 Å². The van der Waals surface area contributed by atoms with E-state index in [0.717, 1.165) is 38.2 Å². The van der Waals surface area contributed by atoms with Crippen molar-refractivity contribution >= 4 is 43.6 Å². The molecule has 0 aliphatic rings. The SMILES string of the molecule is c1cc2ccncc2cn1.c1ccc2nccnc2c1.c1ccc2ncncc2c1.c1ccncc1.c1ccnnc1.c1cnc2ccncc2c1.c1cnccn1.c1cncnc1.c1cnncn1.c1ncncn1.c1nncnn1. The lowest BCUT2D eigenvalue weighted by molar-refractivity contribution is 0.853. The first-order chi connectivity index (χ1) is 40.9. The number of nitrogens with zero attached hydrogens (tertiary/aromatic N) is 25. The Labute approximate surface area is 469 Å². The highest BCUT2D eigenvalue weighted by Crippen LogP contribution is 2.09. The number of pyridine rings is 5. The summed E-state index contributed by atoms with van der Waals surface area (Å²) in [6, 6.07) is 36.6. The highest BCUT2D eigenvalue weighted by molar-refractivity contribution is 5.80. The van der Waals surface area contributed by atoms with E-state index in [2.05, 4.69) is 126 Å². The molecule has 0 atom stereocenters. The molecule has 25 nitrogen and oxygen atoms in total. The minimum atomic E-state index is 0.949. The molecule has 0 N–H and O–H groups in total. The fraction of sp³-hybridized carbons (Fsp3) is 0. The van der Waals surface area contributed by atoms with Crippen molar-refractivity contribution in [2.24, 2.45) is 0 Å². The zero-order valence-electron chi connectivity index (χ0n) is 43.5. The molecule has 0 saturated heterocycles. The summed E-state index contributed by atoms with van der Waals surface area (Å²) in [5.74, 6) is 0. The van der Waals surface area contributed by atoms with Gasteiger partial charge in [0.1, 0.15) is 38.0 Å². The van der Waals surface area contributed by atoms with Crippen LogP contribution in [0.4, 0.5) is 0 Å². The highest BCUT2D eigenvalue weighted by Gasteiger charge is 1.90. The van der Waals surface area contributed by atoms with E-state index in [1.165, 1.54) is 55.9 Å². The lowest BCUT2D eigenvalue weighted by Gasteiger charge is -1.91. The number of hydrogen-bond acceptors (Lipinski definition) is 25. The Bertz CT molecular complexity index is 2750. The summed E-state index contributed by atoms with van der Waals surface area (Å²) in [5.41, 5.74) is 3.89. The Morgan fingerprint density at radius 3 is 0.988 bits per heavy atom. The Hall–Kier alpha value is -12.4. The van der Waals surface area contributed by atoms with Crippen molar-refractivity contribution in [3.63, 3.8) is 0 Å². The van der Waals surface area contributed by atoms with Gasteiger partial charge in [-0.25, -0.2) is 39.9 Å². The Balaban J connectivity index is 0.000000167. The molecule has 0 fully saturated rings. The Morgan fingerprint density at radius 2 is 0.585 bits per heavy atom. The van der Waals surface area contributed by atoms with Crippen LogP contribution in [0.3, 0.4) is 0 Å². The Kier molecular flexibility index (Phi) is 31.5. The molecule has 15 aromatic rings. The summed E-state index contributed by atoms with van der Waals surface area (Å²) < 4.78 is 0. The van der Waals surface area contributed by atoms with Gasteiger partial charge in [0.05, 0.1) is 28.3 Å².